The van der Waals surface area contributed by atoms with Gasteiger partial charge in [0.15, 0.2) is 0 Å². The molecule has 0 unspecified atom stereocenters. The Morgan fingerprint density at radius 1 is 0.914 bits per heavy atom. The van der Waals surface area contributed by atoms with Crippen LogP contribution in [0.5, 0.6) is 0 Å². The predicted octanol–water partition coefficient (Wildman–Crippen LogP) is 3.90. The maximum Gasteiger partial charge on any atom is 0.355 e. The van der Waals surface area contributed by atoms with E-state index in [-0.39, 0.29) is 30.5 Å². The Hall–Kier alpha value is -4.17. The van der Waals surface area contributed by atoms with E-state index >= 15 is 0 Å². The molecule has 0 radical (unpaired) electrons. The molecule has 3 aromatic carbocycles. The van der Waals surface area contributed by atoms with Gasteiger partial charge in [0.05, 0.1) is 32.1 Å². The second kappa shape index (κ2) is 10.4. The average molecular weight is 475 g/mol. The Balaban J connectivity index is 1.66. The fourth-order valence-electron chi connectivity index (χ4n) is 4.15. The van der Waals surface area contributed by atoms with Crippen molar-refractivity contribution in [3.05, 3.63) is 83.6 Å². The third-order valence-electron chi connectivity index (χ3n) is 5.88. The van der Waals surface area contributed by atoms with Gasteiger partial charge in [-0.1, -0.05) is 36.4 Å². The lowest BCUT2D eigenvalue weighted by atomic mass is 10.1. The highest BCUT2D eigenvalue weighted by atomic mass is 16.5. The first-order valence-electron chi connectivity index (χ1n) is 11.1. The zero-order valence-corrected chi connectivity index (χ0v) is 19.8. The number of hydrogen-bond acceptors (Lipinski definition) is 7. The van der Waals surface area contributed by atoms with E-state index in [1.54, 1.807) is 29.2 Å². The van der Waals surface area contributed by atoms with Gasteiger partial charge in [-0.25, -0.2) is 9.59 Å². The molecular weight excluding hydrogens is 448 g/mol. The minimum absolute atomic E-state index is 0.0370. The van der Waals surface area contributed by atoms with Crippen LogP contribution in [-0.4, -0.2) is 51.9 Å². The van der Waals surface area contributed by atoms with Gasteiger partial charge in [0.2, 0.25) is 0 Å². The Morgan fingerprint density at radius 3 is 2.29 bits per heavy atom. The second-order valence-electron chi connectivity index (χ2n) is 7.81. The normalized spacial score (nSPS) is 13.5. The van der Waals surface area contributed by atoms with Crippen LogP contribution < -0.4 is 9.80 Å². The summed E-state index contributed by atoms with van der Waals surface area (Å²) in [4.78, 5) is 41.4. The summed E-state index contributed by atoms with van der Waals surface area (Å²) in [6.45, 7) is 2.39. The summed E-state index contributed by atoms with van der Waals surface area (Å²) in [5.41, 5.74) is 2.01. The number of esters is 2. The van der Waals surface area contributed by atoms with Crippen molar-refractivity contribution in [3.63, 3.8) is 0 Å². The molecule has 0 aliphatic carbocycles. The molecule has 0 saturated carbocycles. The van der Waals surface area contributed by atoms with Gasteiger partial charge in [0, 0.05) is 23.2 Å². The quantitative estimate of drug-likeness (QED) is 0.501. The van der Waals surface area contributed by atoms with Crippen molar-refractivity contribution in [3.8, 4) is 0 Å². The lowest BCUT2D eigenvalue weighted by Crippen LogP contribution is -2.38. The molecule has 0 aromatic heterocycles. The number of ether oxygens (including phenoxy) is 3. The number of rotatable bonds is 6. The number of anilines is 2. The van der Waals surface area contributed by atoms with Crippen LogP contribution in [0.4, 0.5) is 11.4 Å². The van der Waals surface area contributed by atoms with Crippen LogP contribution in [0, 0.1) is 0 Å². The van der Waals surface area contributed by atoms with E-state index in [1.165, 1.54) is 19.1 Å². The van der Waals surface area contributed by atoms with Gasteiger partial charge in [-0.3, -0.25) is 4.79 Å². The summed E-state index contributed by atoms with van der Waals surface area (Å²) < 4.78 is 15.2. The molecule has 0 N–H and O–H groups in total. The molecule has 0 spiro atoms. The van der Waals surface area contributed by atoms with E-state index < -0.39 is 11.9 Å². The maximum absolute atomic E-state index is 13.4. The third kappa shape index (κ3) is 4.61. The lowest BCUT2D eigenvalue weighted by Gasteiger charge is -2.31. The molecule has 35 heavy (non-hydrogen) atoms. The molecular formula is C27H26N2O6. The minimum atomic E-state index is -0.679. The fourth-order valence-corrected chi connectivity index (χ4v) is 4.15. The van der Waals surface area contributed by atoms with Crippen LogP contribution in [0.1, 0.15) is 17.3 Å². The van der Waals surface area contributed by atoms with Crippen LogP contribution in [-0.2, 0) is 23.8 Å². The van der Waals surface area contributed by atoms with E-state index in [9.17, 15) is 14.4 Å². The van der Waals surface area contributed by atoms with E-state index in [2.05, 4.69) is 0 Å². The summed E-state index contributed by atoms with van der Waals surface area (Å²) in [6, 6.07) is 20.6. The standard InChI is InChI=1S/C27H26N2O6/c1-4-28(23-11-7-9-18-8-5-6-10-21(18)23)25(30)19-12-14-20(15-13-19)29-17-35-16-22(26(31)33-2)24(29)27(32)34-3/h5-15H,4,16-17H2,1-3H3. The molecule has 0 bridgehead atoms. The van der Waals surface area contributed by atoms with Gasteiger partial charge in [-0.2, -0.15) is 0 Å². The molecule has 3 aromatic rings. The highest BCUT2D eigenvalue weighted by molar-refractivity contribution is 6.11. The Labute approximate surface area is 203 Å². The number of amides is 1. The first kappa shape index (κ1) is 24.0. The summed E-state index contributed by atoms with van der Waals surface area (Å²) in [7, 11) is 2.48. The first-order valence-corrected chi connectivity index (χ1v) is 11.1. The van der Waals surface area contributed by atoms with Gasteiger partial charge in [-0.15, -0.1) is 0 Å². The highest BCUT2D eigenvalue weighted by Gasteiger charge is 2.32. The number of carbonyl (C=O) groups is 3. The van der Waals surface area contributed by atoms with Crippen LogP contribution >= 0.6 is 0 Å². The smallest absolute Gasteiger partial charge is 0.355 e. The summed E-state index contributed by atoms with van der Waals surface area (Å²) >= 11 is 0. The van der Waals surface area contributed by atoms with E-state index in [0.717, 1.165) is 16.5 Å². The van der Waals surface area contributed by atoms with Crippen LogP contribution in [0.3, 0.4) is 0 Å². The number of methoxy groups -OCH3 is 2. The second-order valence-corrected chi connectivity index (χ2v) is 7.81. The predicted molar refractivity (Wildman–Crippen MR) is 132 cm³/mol. The molecule has 180 valence electrons. The number of nitrogens with zero attached hydrogens (tertiary/aromatic N) is 2. The van der Waals surface area contributed by atoms with Crippen molar-refractivity contribution >= 4 is 40.0 Å². The topological polar surface area (TPSA) is 85.4 Å². The Morgan fingerprint density at radius 2 is 1.60 bits per heavy atom. The SMILES string of the molecule is CCN(C(=O)c1ccc(N2COCC(C(=O)OC)=C2C(=O)OC)cc1)c1cccc2ccccc12. The average Bonchev–Trinajstić information content (AvgIpc) is 2.92. The molecule has 0 fully saturated rings. The van der Waals surface area contributed by atoms with Gasteiger partial charge in [-0.05, 0) is 42.6 Å². The summed E-state index contributed by atoms with van der Waals surface area (Å²) in [5, 5.41) is 2.05. The zero-order valence-electron chi connectivity index (χ0n) is 19.8. The van der Waals surface area contributed by atoms with Crippen molar-refractivity contribution in [2.24, 2.45) is 0 Å². The van der Waals surface area contributed by atoms with Crippen molar-refractivity contribution in [2.45, 2.75) is 6.92 Å². The van der Waals surface area contributed by atoms with Crippen molar-refractivity contribution < 1.29 is 28.6 Å². The van der Waals surface area contributed by atoms with Crippen molar-refractivity contribution in [2.75, 3.05) is 43.9 Å². The minimum Gasteiger partial charge on any atom is -0.466 e. The fraction of sp³-hybridized carbons (Fsp3) is 0.222. The molecule has 1 amide bonds. The first-order chi connectivity index (χ1) is 17.0. The molecule has 1 heterocycles. The molecule has 4 rings (SSSR count). The molecule has 1 aliphatic rings. The lowest BCUT2D eigenvalue weighted by molar-refractivity contribution is -0.140. The molecule has 0 saturated heterocycles. The largest absolute Gasteiger partial charge is 0.466 e. The van der Waals surface area contributed by atoms with E-state index in [4.69, 9.17) is 14.2 Å². The zero-order chi connectivity index (χ0) is 24.9. The van der Waals surface area contributed by atoms with E-state index in [0.29, 0.717) is 17.8 Å². The van der Waals surface area contributed by atoms with Crippen LogP contribution in [0.2, 0.25) is 0 Å². The van der Waals surface area contributed by atoms with Gasteiger partial charge in [0.25, 0.3) is 5.91 Å². The highest BCUT2D eigenvalue weighted by Crippen LogP contribution is 2.30. The number of fused-ring (bicyclic) bond motifs is 1. The monoisotopic (exact) mass is 474 g/mol. The summed E-state index contributed by atoms with van der Waals surface area (Å²) in [6.07, 6.45) is 0. The van der Waals surface area contributed by atoms with Crippen molar-refractivity contribution in [1.29, 1.82) is 0 Å². The Kier molecular flexibility index (Phi) is 7.12. The van der Waals surface area contributed by atoms with E-state index in [1.807, 2.05) is 49.4 Å². The molecule has 8 nitrogen and oxygen atoms in total. The van der Waals surface area contributed by atoms with Gasteiger partial charge < -0.3 is 24.0 Å². The maximum atomic E-state index is 13.4. The molecule has 1 aliphatic heterocycles. The van der Waals surface area contributed by atoms with Crippen LogP contribution in [0.15, 0.2) is 78.0 Å². The van der Waals surface area contributed by atoms with Gasteiger partial charge in [0.1, 0.15) is 12.4 Å². The molecule has 8 heteroatoms. The van der Waals surface area contributed by atoms with Crippen LogP contribution in [0.25, 0.3) is 10.8 Å². The van der Waals surface area contributed by atoms with Crippen molar-refractivity contribution in [1.82, 2.24) is 0 Å². The molecule has 0 atom stereocenters. The number of carbonyl (C=O) groups excluding carboxylic acids is 3. The number of benzene rings is 3. The summed E-state index contributed by atoms with van der Waals surface area (Å²) in [5.74, 6) is -1.50. The Bertz CT molecular complexity index is 1290. The third-order valence-corrected chi connectivity index (χ3v) is 5.88. The number of hydrogen-bond donors (Lipinski definition) is 0. The van der Waals surface area contributed by atoms with Gasteiger partial charge >= 0.3 is 11.9 Å².